The monoisotopic (exact) mass is 505 g/mol. The van der Waals surface area contributed by atoms with Crippen molar-refractivity contribution in [3.8, 4) is 17.7 Å². The van der Waals surface area contributed by atoms with E-state index in [1.807, 2.05) is 49.4 Å². The van der Waals surface area contributed by atoms with Gasteiger partial charge in [0.15, 0.2) is 5.75 Å². The lowest BCUT2D eigenvalue weighted by Gasteiger charge is -2.38. The number of carbonyl (C=O) groups excluding carboxylic acids is 1. The van der Waals surface area contributed by atoms with E-state index in [2.05, 4.69) is 27.4 Å². The number of amides is 2. The van der Waals surface area contributed by atoms with Gasteiger partial charge in [0.05, 0.1) is 23.6 Å². The molecule has 2 aromatic carbocycles. The summed E-state index contributed by atoms with van der Waals surface area (Å²) < 4.78 is 5.16. The average Bonchev–Trinajstić information content (AvgIpc) is 3.33. The standard InChI is InChI=1S/C29H23N5O2S/c1-19-26(8-5-12-31-19)36-27-10-9-22(17-32-27)33-28(35)34-13-11-20-14-21-16-29(18-30,24(21)15-25(20)34)37-23-6-3-2-4-7-23/h2-10,12,14-15,17H,11,13,16H2,1H3,(H,33,35). The number of fused-ring (bicyclic) bond motifs is 2. The van der Waals surface area contributed by atoms with Crippen molar-refractivity contribution < 1.29 is 9.53 Å². The van der Waals surface area contributed by atoms with Gasteiger partial charge in [-0.25, -0.2) is 9.78 Å². The van der Waals surface area contributed by atoms with Crippen LogP contribution < -0.4 is 15.0 Å². The number of carbonyl (C=O) groups is 1. The molecule has 0 bridgehead atoms. The molecule has 37 heavy (non-hydrogen) atoms. The molecule has 3 heterocycles. The molecule has 0 radical (unpaired) electrons. The molecule has 1 aliphatic carbocycles. The highest BCUT2D eigenvalue weighted by Gasteiger charge is 2.46. The Morgan fingerprint density at radius 2 is 1.97 bits per heavy atom. The van der Waals surface area contributed by atoms with E-state index in [4.69, 9.17) is 4.74 Å². The number of ether oxygens (including phenoxy) is 1. The van der Waals surface area contributed by atoms with Crippen molar-refractivity contribution in [2.45, 2.75) is 29.4 Å². The Labute approximate surface area is 219 Å². The summed E-state index contributed by atoms with van der Waals surface area (Å²) in [7, 11) is 0. The number of aromatic nitrogens is 2. The number of urea groups is 1. The van der Waals surface area contributed by atoms with Crippen LogP contribution in [0.5, 0.6) is 11.6 Å². The van der Waals surface area contributed by atoms with Crippen molar-refractivity contribution >= 4 is 29.2 Å². The predicted molar refractivity (Wildman–Crippen MR) is 143 cm³/mol. The number of anilines is 2. The molecule has 1 atom stereocenters. The largest absolute Gasteiger partial charge is 0.437 e. The van der Waals surface area contributed by atoms with Crippen LogP contribution in [0.15, 0.2) is 84.0 Å². The third kappa shape index (κ3) is 4.28. The maximum atomic E-state index is 13.2. The van der Waals surface area contributed by atoms with Crippen molar-refractivity contribution in [2.75, 3.05) is 16.8 Å². The van der Waals surface area contributed by atoms with E-state index < -0.39 is 4.75 Å². The van der Waals surface area contributed by atoms with Crippen LogP contribution in [0.4, 0.5) is 16.2 Å². The number of pyridine rings is 2. The zero-order valence-electron chi connectivity index (χ0n) is 20.1. The van der Waals surface area contributed by atoms with Crippen LogP contribution in [0.2, 0.25) is 0 Å². The summed E-state index contributed by atoms with van der Waals surface area (Å²) in [6.45, 7) is 2.45. The number of aryl methyl sites for hydroxylation is 1. The van der Waals surface area contributed by atoms with E-state index >= 15 is 0 Å². The van der Waals surface area contributed by atoms with Crippen LogP contribution >= 0.6 is 11.8 Å². The van der Waals surface area contributed by atoms with Crippen LogP contribution in [0.3, 0.4) is 0 Å². The first-order valence-electron chi connectivity index (χ1n) is 12.0. The number of nitrogens with zero attached hydrogens (tertiary/aromatic N) is 4. The molecule has 0 saturated heterocycles. The Kier molecular flexibility index (Phi) is 5.78. The maximum Gasteiger partial charge on any atom is 0.326 e. The number of nitrogens with one attached hydrogen (secondary N) is 1. The summed E-state index contributed by atoms with van der Waals surface area (Å²) in [5.41, 5.74) is 5.53. The van der Waals surface area contributed by atoms with Crippen molar-refractivity contribution in [1.29, 1.82) is 5.26 Å². The van der Waals surface area contributed by atoms with Gasteiger partial charge in [0.25, 0.3) is 0 Å². The van der Waals surface area contributed by atoms with Crippen LogP contribution in [0.1, 0.15) is 22.4 Å². The first-order valence-corrected chi connectivity index (χ1v) is 12.8. The summed E-state index contributed by atoms with van der Waals surface area (Å²) >= 11 is 1.58. The van der Waals surface area contributed by atoms with Crippen LogP contribution in [-0.2, 0) is 17.6 Å². The molecular formula is C29H23N5O2S. The van der Waals surface area contributed by atoms with Gasteiger partial charge in [0, 0.05) is 35.8 Å². The number of hydrogen-bond acceptors (Lipinski definition) is 6. The summed E-state index contributed by atoms with van der Waals surface area (Å²) in [5.74, 6) is 1.06. The first-order chi connectivity index (χ1) is 18.0. The highest BCUT2D eigenvalue weighted by molar-refractivity contribution is 8.00. The Morgan fingerprint density at radius 3 is 2.73 bits per heavy atom. The molecule has 6 rings (SSSR count). The summed E-state index contributed by atoms with van der Waals surface area (Å²) in [6, 6.07) is 23.6. The molecule has 182 valence electrons. The van der Waals surface area contributed by atoms with Gasteiger partial charge in [-0.15, -0.1) is 0 Å². The minimum Gasteiger partial charge on any atom is -0.437 e. The average molecular weight is 506 g/mol. The van der Waals surface area contributed by atoms with E-state index in [0.717, 1.165) is 33.8 Å². The Morgan fingerprint density at radius 1 is 1.11 bits per heavy atom. The lowest BCUT2D eigenvalue weighted by molar-refractivity contribution is 0.257. The highest BCUT2D eigenvalue weighted by Crippen LogP contribution is 2.54. The van der Waals surface area contributed by atoms with Gasteiger partial charge in [-0.3, -0.25) is 9.88 Å². The van der Waals surface area contributed by atoms with E-state index in [0.29, 0.717) is 30.3 Å². The summed E-state index contributed by atoms with van der Waals surface area (Å²) in [5, 5.41) is 13.0. The Balaban J connectivity index is 1.18. The van der Waals surface area contributed by atoms with E-state index in [9.17, 15) is 10.1 Å². The van der Waals surface area contributed by atoms with Crippen LogP contribution in [0, 0.1) is 18.3 Å². The third-order valence-corrected chi connectivity index (χ3v) is 8.01. The summed E-state index contributed by atoms with van der Waals surface area (Å²) in [4.78, 5) is 24.5. The highest BCUT2D eigenvalue weighted by atomic mass is 32.2. The van der Waals surface area contributed by atoms with E-state index in [-0.39, 0.29) is 6.03 Å². The number of nitriles is 1. The van der Waals surface area contributed by atoms with Crippen molar-refractivity contribution in [3.05, 3.63) is 102 Å². The number of rotatable bonds is 5. The van der Waals surface area contributed by atoms with Crippen LogP contribution in [0.25, 0.3) is 0 Å². The molecule has 2 amide bonds. The zero-order valence-corrected chi connectivity index (χ0v) is 21.0. The SMILES string of the molecule is Cc1ncccc1Oc1ccc(NC(=O)N2CCc3cc4c(cc32)C(C#N)(Sc2ccccc2)C4)cn1. The molecule has 0 spiro atoms. The third-order valence-electron chi connectivity index (χ3n) is 6.70. The van der Waals surface area contributed by atoms with Gasteiger partial charge < -0.3 is 10.1 Å². The van der Waals surface area contributed by atoms with E-state index in [1.54, 1.807) is 47.3 Å². The molecule has 8 heteroatoms. The molecule has 7 nitrogen and oxygen atoms in total. The Hall–Kier alpha value is -4.35. The predicted octanol–water partition coefficient (Wildman–Crippen LogP) is 6.24. The van der Waals surface area contributed by atoms with E-state index in [1.165, 1.54) is 5.56 Å². The molecule has 0 fully saturated rings. The molecular weight excluding hydrogens is 482 g/mol. The van der Waals surface area contributed by atoms with Crippen molar-refractivity contribution in [2.24, 2.45) is 0 Å². The second-order valence-corrected chi connectivity index (χ2v) is 10.4. The number of thioether (sulfide) groups is 1. The lowest BCUT2D eigenvalue weighted by atomic mass is 9.76. The van der Waals surface area contributed by atoms with Gasteiger partial charge in [-0.2, -0.15) is 5.26 Å². The fraction of sp³-hybridized carbons (Fsp3) is 0.172. The van der Waals surface area contributed by atoms with Crippen molar-refractivity contribution in [1.82, 2.24) is 9.97 Å². The van der Waals surface area contributed by atoms with Gasteiger partial charge in [0.2, 0.25) is 5.88 Å². The van der Waals surface area contributed by atoms with Crippen molar-refractivity contribution in [3.63, 3.8) is 0 Å². The molecule has 1 unspecified atom stereocenters. The zero-order chi connectivity index (χ0) is 25.4. The minimum absolute atomic E-state index is 0.227. The fourth-order valence-corrected chi connectivity index (χ4v) is 6.05. The fourth-order valence-electron chi connectivity index (χ4n) is 4.78. The van der Waals surface area contributed by atoms with Gasteiger partial charge >= 0.3 is 6.03 Å². The van der Waals surface area contributed by atoms with Gasteiger partial charge in [-0.05, 0) is 66.4 Å². The first kappa shape index (κ1) is 23.1. The second-order valence-electron chi connectivity index (χ2n) is 9.07. The Bertz CT molecular complexity index is 1530. The topological polar surface area (TPSA) is 91.1 Å². The lowest BCUT2D eigenvalue weighted by Crippen LogP contribution is -2.36. The normalized spacial score (nSPS) is 17.2. The molecule has 4 aromatic rings. The smallest absolute Gasteiger partial charge is 0.326 e. The van der Waals surface area contributed by atoms with Gasteiger partial charge in [0.1, 0.15) is 4.75 Å². The number of benzene rings is 2. The number of hydrogen-bond donors (Lipinski definition) is 1. The quantitative estimate of drug-likeness (QED) is 0.345. The molecule has 2 aromatic heterocycles. The second kappa shape index (κ2) is 9.26. The molecule has 1 aliphatic heterocycles. The van der Waals surface area contributed by atoms with Gasteiger partial charge in [-0.1, -0.05) is 36.0 Å². The maximum absolute atomic E-state index is 13.2. The van der Waals surface area contributed by atoms with Crippen LogP contribution in [-0.4, -0.2) is 22.5 Å². The molecule has 2 aliphatic rings. The minimum atomic E-state index is -0.636. The molecule has 1 N–H and O–H groups in total. The molecule has 0 saturated carbocycles. The summed E-state index contributed by atoms with van der Waals surface area (Å²) in [6.07, 6.45) is 4.78.